The van der Waals surface area contributed by atoms with E-state index in [1.807, 2.05) is 6.08 Å². The van der Waals surface area contributed by atoms with Crippen LogP contribution in [0.25, 0.3) is 0 Å². The van der Waals surface area contributed by atoms with Gasteiger partial charge in [0.2, 0.25) is 0 Å². The molecule has 3 atom stereocenters. The van der Waals surface area contributed by atoms with Crippen molar-refractivity contribution >= 4 is 5.78 Å². The third-order valence-corrected chi connectivity index (χ3v) is 5.67. The number of carbonyl (C=O) groups is 1. The molecule has 0 spiro atoms. The molecule has 0 aromatic rings. The molecule has 116 valence electrons. The molecule has 21 heavy (non-hydrogen) atoms. The maximum Gasteiger partial charge on any atom is 0.159 e. The Morgan fingerprint density at radius 3 is 2.67 bits per heavy atom. The van der Waals surface area contributed by atoms with E-state index in [4.69, 9.17) is 0 Å². The highest BCUT2D eigenvalue weighted by atomic mass is 16.1. The van der Waals surface area contributed by atoms with Crippen molar-refractivity contribution in [3.63, 3.8) is 0 Å². The lowest BCUT2D eigenvalue weighted by molar-refractivity contribution is -0.114. The van der Waals surface area contributed by atoms with Gasteiger partial charge in [-0.25, -0.2) is 0 Å². The Morgan fingerprint density at radius 2 is 2.00 bits per heavy atom. The van der Waals surface area contributed by atoms with E-state index in [0.29, 0.717) is 23.7 Å². The van der Waals surface area contributed by atoms with Crippen LogP contribution in [0, 0.1) is 17.3 Å². The molecule has 0 heterocycles. The minimum atomic E-state index is 0.259. The average Bonchev–Trinajstić information content (AvgIpc) is 2.70. The van der Waals surface area contributed by atoms with E-state index >= 15 is 0 Å². The first-order valence-electron chi connectivity index (χ1n) is 8.33. The highest BCUT2D eigenvalue weighted by Crippen LogP contribution is 2.53. The number of rotatable bonds is 1. The van der Waals surface area contributed by atoms with Crippen molar-refractivity contribution in [2.24, 2.45) is 17.3 Å². The summed E-state index contributed by atoms with van der Waals surface area (Å²) in [6, 6.07) is 0. The highest BCUT2D eigenvalue weighted by Gasteiger charge is 2.44. The quantitative estimate of drug-likeness (QED) is 0.571. The molecule has 2 aliphatic rings. The summed E-state index contributed by atoms with van der Waals surface area (Å²) in [5.41, 5.74) is 4.18. The Kier molecular flexibility index (Phi) is 4.91. The van der Waals surface area contributed by atoms with Crippen LogP contribution in [0.3, 0.4) is 0 Å². The molecule has 0 saturated heterocycles. The Labute approximate surface area is 130 Å². The normalized spacial score (nSPS) is 39.5. The van der Waals surface area contributed by atoms with E-state index in [1.165, 1.54) is 36.0 Å². The van der Waals surface area contributed by atoms with Crippen LogP contribution in [-0.2, 0) is 4.79 Å². The molecule has 0 aliphatic heterocycles. The lowest BCUT2D eigenvalue weighted by atomic mass is 9.70. The number of hydrogen-bond donors (Lipinski definition) is 0. The van der Waals surface area contributed by atoms with E-state index < -0.39 is 0 Å². The van der Waals surface area contributed by atoms with Gasteiger partial charge >= 0.3 is 0 Å². The molecule has 0 radical (unpaired) electrons. The second kappa shape index (κ2) is 6.34. The summed E-state index contributed by atoms with van der Waals surface area (Å²) in [6.07, 6.45) is 10.7. The Hall–Kier alpha value is -1.11. The van der Waals surface area contributed by atoms with Crippen molar-refractivity contribution in [2.45, 2.75) is 66.2 Å². The van der Waals surface area contributed by atoms with Crippen molar-refractivity contribution in [1.29, 1.82) is 0 Å². The van der Waals surface area contributed by atoms with Gasteiger partial charge in [0.15, 0.2) is 5.78 Å². The van der Waals surface area contributed by atoms with Gasteiger partial charge in [0.25, 0.3) is 0 Å². The van der Waals surface area contributed by atoms with Gasteiger partial charge in [-0.05, 0) is 76.2 Å². The number of fused-ring (bicyclic) bond motifs is 1. The molecule has 1 heteroatoms. The summed E-state index contributed by atoms with van der Waals surface area (Å²) in [4.78, 5) is 12.0. The second-order valence-corrected chi connectivity index (χ2v) is 7.68. The fourth-order valence-electron chi connectivity index (χ4n) is 4.29. The van der Waals surface area contributed by atoms with Gasteiger partial charge in [0.05, 0.1) is 0 Å². The van der Waals surface area contributed by atoms with Crippen LogP contribution in [-0.4, -0.2) is 5.78 Å². The molecular weight excluding hydrogens is 256 g/mol. The van der Waals surface area contributed by atoms with Gasteiger partial charge in [0, 0.05) is 6.42 Å². The zero-order valence-corrected chi connectivity index (χ0v) is 14.2. The zero-order valence-electron chi connectivity index (χ0n) is 14.2. The average molecular weight is 286 g/mol. The van der Waals surface area contributed by atoms with Gasteiger partial charge in [-0.15, -0.1) is 0 Å². The molecule has 0 aromatic carbocycles. The molecule has 0 bridgehead atoms. The summed E-state index contributed by atoms with van der Waals surface area (Å²) in [7, 11) is 0. The van der Waals surface area contributed by atoms with E-state index in [1.54, 1.807) is 0 Å². The first kappa shape index (κ1) is 16.3. The van der Waals surface area contributed by atoms with Crippen molar-refractivity contribution < 1.29 is 4.79 Å². The third-order valence-electron chi connectivity index (χ3n) is 5.67. The predicted octanol–water partition coefficient (Wildman–Crippen LogP) is 5.63. The molecule has 0 N–H and O–H groups in total. The highest BCUT2D eigenvalue weighted by molar-refractivity contribution is 5.91. The second-order valence-electron chi connectivity index (χ2n) is 7.68. The minimum absolute atomic E-state index is 0.259. The van der Waals surface area contributed by atoms with Gasteiger partial charge in [-0.2, -0.15) is 0 Å². The maximum absolute atomic E-state index is 12.0. The topological polar surface area (TPSA) is 17.1 Å². The molecule has 2 rings (SSSR count). The minimum Gasteiger partial charge on any atom is -0.295 e. The number of carbonyl (C=O) groups excluding carboxylic acids is 1. The van der Waals surface area contributed by atoms with Gasteiger partial charge in [0.1, 0.15) is 0 Å². The van der Waals surface area contributed by atoms with Gasteiger partial charge < -0.3 is 0 Å². The van der Waals surface area contributed by atoms with Crippen molar-refractivity contribution in [1.82, 2.24) is 0 Å². The Bertz CT molecular complexity index is 494. The summed E-state index contributed by atoms with van der Waals surface area (Å²) < 4.78 is 0. The van der Waals surface area contributed by atoms with E-state index in [-0.39, 0.29) is 5.78 Å². The first-order valence-corrected chi connectivity index (χ1v) is 8.33. The fourth-order valence-corrected chi connectivity index (χ4v) is 4.29. The van der Waals surface area contributed by atoms with Crippen LogP contribution in [0.4, 0.5) is 0 Å². The molecular formula is C20H30O. The number of allylic oxidation sites excluding steroid dienone is 5. The predicted molar refractivity (Wildman–Crippen MR) is 90.1 cm³/mol. The number of ketones is 1. The van der Waals surface area contributed by atoms with Crippen LogP contribution < -0.4 is 0 Å². The van der Waals surface area contributed by atoms with Gasteiger partial charge in [-0.1, -0.05) is 36.3 Å². The SMILES string of the molecule is C=C(C)[C@@H]1CC[C@]2(C)C/C=C(\C)CC(=O)/C=C(\C)CC[C@@H]12. The third kappa shape index (κ3) is 3.75. The van der Waals surface area contributed by atoms with E-state index in [0.717, 1.165) is 12.8 Å². The molecule has 1 fully saturated rings. The zero-order chi connectivity index (χ0) is 15.6. The first-order chi connectivity index (χ1) is 9.82. The summed E-state index contributed by atoms with van der Waals surface area (Å²) >= 11 is 0. The monoisotopic (exact) mass is 286 g/mol. The summed E-state index contributed by atoms with van der Waals surface area (Å²) in [5.74, 6) is 1.62. The van der Waals surface area contributed by atoms with Crippen LogP contribution in [0.2, 0.25) is 0 Å². The van der Waals surface area contributed by atoms with Crippen LogP contribution in [0.15, 0.2) is 35.5 Å². The largest absolute Gasteiger partial charge is 0.295 e. The molecule has 0 aromatic heterocycles. The molecule has 2 aliphatic carbocycles. The van der Waals surface area contributed by atoms with Crippen molar-refractivity contribution in [2.75, 3.05) is 0 Å². The standard InChI is InChI=1S/C20H30O/c1-14(2)18-9-11-20(5)10-8-16(4)13-17(21)12-15(3)6-7-19(18)20/h8,12,18-19H,1,6-7,9-11,13H2,2-5H3/b15-12+,16-8+/t18-,19-,20-/m0/s1. The summed E-state index contributed by atoms with van der Waals surface area (Å²) in [6.45, 7) is 13.1. The van der Waals surface area contributed by atoms with E-state index in [2.05, 4.69) is 40.3 Å². The van der Waals surface area contributed by atoms with Crippen LogP contribution in [0.5, 0.6) is 0 Å². The number of hydrogen-bond acceptors (Lipinski definition) is 1. The molecule has 0 amide bonds. The molecule has 1 saturated carbocycles. The van der Waals surface area contributed by atoms with Crippen molar-refractivity contribution in [3.8, 4) is 0 Å². The Morgan fingerprint density at radius 1 is 1.29 bits per heavy atom. The maximum atomic E-state index is 12.0. The summed E-state index contributed by atoms with van der Waals surface area (Å²) in [5, 5.41) is 0. The lowest BCUT2D eigenvalue weighted by Crippen LogP contribution is -2.25. The van der Waals surface area contributed by atoms with Crippen LogP contribution >= 0.6 is 0 Å². The fraction of sp³-hybridized carbons (Fsp3) is 0.650. The van der Waals surface area contributed by atoms with Crippen LogP contribution in [0.1, 0.15) is 66.2 Å². The van der Waals surface area contributed by atoms with Gasteiger partial charge in [-0.3, -0.25) is 4.79 Å². The Balaban J connectivity index is 2.31. The molecule has 0 unspecified atom stereocenters. The lowest BCUT2D eigenvalue weighted by Gasteiger charge is -2.34. The smallest absolute Gasteiger partial charge is 0.159 e. The molecule has 1 nitrogen and oxygen atoms in total. The van der Waals surface area contributed by atoms with E-state index in [9.17, 15) is 4.79 Å². The van der Waals surface area contributed by atoms with Crippen molar-refractivity contribution in [3.05, 3.63) is 35.5 Å².